The number of rotatable bonds is 5. The maximum atomic E-state index is 12.5. The number of amides is 1. The van der Waals surface area contributed by atoms with Gasteiger partial charge >= 0.3 is 0 Å². The van der Waals surface area contributed by atoms with Gasteiger partial charge in [0, 0.05) is 24.3 Å². The number of thioether (sulfide) groups is 1. The van der Waals surface area contributed by atoms with Gasteiger partial charge in [0.2, 0.25) is 0 Å². The molecule has 11 heteroatoms. The number of hydrogen-bond acceptors (Lipinski definition) is 8. The van der Waals surface area contributed by atoms with Crippen molar-refractivity contribution in [3.8, 4) is 0 Å². The molecule has 2 aromatic carbocycles. The smallest absolute Gasteiger partial charge is 0.266 e. The number of nitrogens with zero attached hydrogens (tertiary/aromatic N) is 4. The summed E-state index contributed by atoms with van der Waals surface area (Å²) in [6.07, 6.45) is 2.95. The maximum Gasteiger partial charge on any atom is 0.286 e. The van der Waals surface area contributed by atoms with Gasteiger partial charge in [-0.1, -0.05) is 11.8 Å². The fourth-order valence-electron chi connectivity index (χ4n) is 2.21. The van der Waals surface area contributed by atoms with Crippen LogP contribution in [0.1, 0.15) is 11.1 Å². The molecule has 3 rings (SSSR count). The van der Waals surface area contributed by atoms with Crippen molar-refractivity contribution in [1.82, 2.24) is 5.01 Å². The zero-order chi connectivity index (χ0) is 20.3. The van der Waals surface area contributed by atoms with Crippen LogP contribution in [0.25, 0.3) is 6.08 Å². The number of benzene rings is 2. The van der Waals surface area contributed by atoms with E-state index in [1.165, 1.54) is 54.7 Å². The molecule has 2 aromatic rings. The Balaban J connectivity index is 1.75. The van der Waals surface area contributed by atoms with E-state index in [1.807, 2.05) is 0 Å². The molecule has 0 spiro atoms. The van der Waals surface area contributed by atoms with Crippen molar-refractivity contribution in [1.29, 1.82) is 0 Å². The zero-order valence-electron chi connectivity index (χ0n) is 13.9. The van der Waals surface area contributed by atoms with Crippen LogP contribution >= 0.6 is 24.0 Å². The highest BCUT2D eigenvalue weighted by molar-refractivity contribution is 8.26. The van der Waals surface area contributed by atoms with Crippen molar-refractivity contribution in [2.45, 2.75) is 0 Å². The first-order chi connectivity index (χ1) is 13.3. The van der Waals surface area contributed by atoms with Crippen molar-refractivity contribution in [2.75, 3.05) is 0 Å². The topological polar surface area (TPSA) is 119 Å². The first kappa shape index (κ1) is 19.3. The largest absolute Gasteiger partial charge is 0.286 e. The molecule has 0 aliphatic carbocycles. The molecule has 0 radical (unpaired) electrons. The number of nitro benzene ring substituents is 2. The lowest BCUT2D eigenvalue weighted by molar-refractivity contribution is -0.385. The molecule has 0 aromatic heterocycles. The predicted molar refractivity (Wildman–Crippen MR) is 109 cm³/mol. The summed E-state index contributed by atoms with van der Waals surface area (Å²) in [6.45, 7) is 0. The molecule has 0 unspecified atom stereocenters. The van der Waals surface area contributed by atoms with Crippen LogP contribution in [0.15, 0.2) is 58.5 Å². The lowest BCUT2D eigenvalue weighted by atomic mass is 10.2. The van der Waals surface area contributed by atoms with Crippen LogP contribution in [-0.4, -0.2) is 31.3 Å². The summed E-state index contributed by atoms with van der Waals surface area (Å²) in [4.78, 5) is 33.2. The molecule has 1 saturated heterocycles. The first-order valence-electron chi connectivity index (χ1n) is 7.66. The number of carbonyl (C=O) groups excluding carboxylic acids is 1. The molecule has 0 saturated carbocycles. The van der Waals surface area contributed by atoms with Crippen molar-refractivity contribution < 1.29 is 14.6 Å². The summed E-state index contributed by atoms with van der Waals surface area (Å²) in [5.41, 5.74) is 1.09. The van der Waals surface area contributed by atoms with E-state index in [9.17, 15) is 25.0 Å². The van der Waals surface area contributed by atoms with Crippen molar-refractivity contribution in [2.24, 2.45) is 5.10 Å². The van der Waals surface area contributed by atoms with Crippen molar-refractivity contribution >= 4 is 57.9 Å². The second-order valence-electron chi connectivity index (χ2n) is 5.44. The highest BCUT2D eigenvalue weighted by atomic mass is 32.2. The number of nitro groups is 2. The minimum Gasteiger partial charge on any atom is -0.266 e. The predicted octanol–water partition coefficient (Wildman–Crippen LogP) is 3.74. The summed E-state index contributed by atoms with van der Waals surface area (Å²) in [5, 5.41) is 26.5. The number of non-ortho nitro benzene ring substituents is 2. The normalized spacial score (nSPS) is 15.6. The van der Waals surface area contributed by atoms with Crippen LogP contribution < -0.4 is 0 Å². The van der Waals surface area contributed by atoms with Gasteiger partial charge in [-0.25, -0.2) is 0 Å². The Hall–Kier alpha value is -3.44. The first-order valence-corrected chi connectivity index (χ1v) is 8.88. The fourth-order valence-corrected chi connectivity index (χ4v) is 3.38. The van der Waals surface area contributed by atoms with E-state index in [1.54, 1.807) is 6.08 Å². The van der Waals surface area contributed by atoms with Gasteiger partial charge in [0.1, 0.15) is 0 Å². The van der Waals surface area contributed by atoms with Crippen LogP contribution in [-0.2, 0) is 4.79 Å². The molecule has 0 atom stereocenters. The number of hydrogen-bond donors (Lipinski definition) is 0. The summed E-state index contributed by atoms with van der Waals surface area (Å²) >= 11 is 6.23. The van der Waals surface area contributed by atoms with Gasteiger partial charge in [-0.3, -0.25) is 25.0 Å². The van der Waals surface area contributed by atoms with E-state index < -0.39 is 15.8 Å². The summed E-state index contributed by atoms with van der Waals surface area (Å²) < 4.78 is 0.233. The van der Waals surface area contributed by atoms with Crippen LogP contribution in [0.2, 0.25) is 0 Å². The SMILES string of the molecule is O=C1/C(=C/c2ccc([N+](=O)[O-])cc2)SC(=S)N1N=Cc1ccc([N+](=O)[O-])cc1. The Morgan fingerprint density at radius 2 is 1.43 bits per heavy atom. The highest BCUT2D eigenvalue weighted by Crippen LogP contribution is 2.33. The van der Waals surface area contributed by atoms with Crippen LogP contribution in [0.4, 0.5) is 11.4 Å². The third-order valence-electron chi connectivity index (χ3n) is 3.60. The van der Waals surface area contributed by atoms with Crippen LogP contribution in [0.5, 0.6) is 0 Å². The second-order valence-corrected chi connectivity index (χ2v) is 7.11. The Labute approximate surface area is 167 Å². The molecule has 1 heterocycles. The molecule has 1 aliphatic rings. The van der Waals surface area contributed by atoms with Gasteiger partial charge in [0.15, 0.2) is 4.32 Å². The lowest BCUT2D eigenvalue weighted by Gasteiger charge is -2.05. The Morgan fingerprint density at radius 1 is 0.929 bits per heavy atom. The standard InChI is InChI=1S/C17H10N4O5S2/c22-16-15(9-11-1-5-13(6-2-11)20(23)24)28-17(27)19(16)18-10-12-3-7-14(8-4-12)21(25)26/h1-10H/b15-9-,18-10?. The van der Waals surface area contributed by atoms with Gasteiger partial charge in [-0.2, -0.15) is 10.1 Å². The molecule has 140 valence electrons. The molecule has 1 amide bonds. The third kappa shape index (κ3) is 4.27. The average Bonchev–Trinajstić information content (AvgIpc) is 2.94. The average molecular weight is 414 g/mol. The Morgan fingerprint density at radius 3 is 1.93 bits per heavy atom. The van der Waals surface area contributed by atoms with E-state index in [2.05, 4.69) is 5.10 Å². The van der Waals surface area contributed by atoms with Crippen molar-refractivity contribution in [3.05, 3.63) is 84.8 Å². The fraction of sp³-hybridized carbons (Fsp3) is 0. The minimum absolute atomic E-state index is 0.0441. The monoisotopic (exact) mass is 414 g/mol. The number of carbonyl (C=O) groups is 1. The molecule has 9 nitrogen and oxygen atoms in total. The molecular weight excluding hydrogens is 404 g/mol. The van der Waals surface area contributed by atoms with E-state index in [0.29, 0.717) is 16.0 Å². The highest BCUT2D eigenvalue weighted by Gasteiger charge is 2.32. The van der Waals surface area contributed by atoms with Crippen LogP contribution in [0.3, 0.4) is 0 Å². The number of hydrazone groups is 1. The summed E-state index contributed by atoms with van der Waals surface area (Å²) in [7, 11) is 0. The molecule has 0 bridgehead atoms. The van der Waals surface area contributed by atoms with Gasteiger partial charge in [0.05, 0.1) is 21.0 Å². The van der Waals surface area contributed by atoms with E-state index in [-0.39, 0.29) is 15.7 Å². The van der Waals surface area contributed by atoms with Gasteiger partial charge in [-0.15, -0.1) is 0 Å². The Bertz CT molecular complexity index is 1030. The van der Waals surface area contributed by atoms with E-state index in [4.69, 9.17) is 12.2 Å². The summed E-state index contributed by atoms with van der Waals surface area (Å²) in [6, 6.07) is 11.4. The lowest BCUT2D eigenvalue weighted by Crippen LogP contribution is -2.22. The number of thiocarbonyl (C=S) groups is 1. The minimum atomic E-state index is -0.508. The zero-order valence-corrected chi connectivity index (χ0v) is 15.6. The maximum absolute atomic E-state index is 12.5. The third-order valence-corrected chi connectivity index (χ3v) is 4.88. The van der Waals surface area contributed by atoms with Gasteiger partial charge in [0.25, 0.3) is 17.3 Å². The molecule has 0 N–H and O–H groups in total. The van der Waals surface area contributed by atoms with E-state index in [0.717, 1.165) is 16.8 Å². The second kappa shape index (κ2) is 8.06. The van der Waals surface area contributed by atoms with Crippen LogP contribution in [0, 0.1) is 20.2 Å². The van der Waals surface area contributed by atoms with Gasteiger partial charge in [-0.05, 0) is 53.7 Å². The van der Waals surface area contributed by atoms with Gasteiger partial charge < -0.3 is 0 Å². The Kier molecular flexibility index (Phi) is 5.57. The molecule has 1 aliphatic heterocycles. The van der Waals surface area contributed by atoms with Crippen molar-refractivity contribution in [3.63, 3.8) is 0 Å². The summed E-state index contributed by atoms with van der Waals surface area (Å²) in [5.74, 6) is -0.425. The molecular formula is C17H10N4O5S2. The molecule has 28 heavy (non-hydrogen) atoms. The molecule has 1 fully saturated rings. The van der Waals surface area contributed by atoms with E-state index >= 15 is 0 Å². The quantitative estimate of drug-likeness (QED) is 0.240.